The Balaban J connectivity index is 2.02. The smallest absolute Gasteiger partial charge is 0.414 e. The Morgan fingerprint density at radius 1 is 1.00 bits per heavy atom. The third-order valence-electron chi connectivity index (χ3n) is 6.51. The molecule has 0 aliphatic carbocycles. The predicted molar refractivity (Wildman–Crippen MR) is 174 cm³/mol. The first-order valence-corrected chi connectivity index (χ1v) is 15.0. The molecular formula is C32H41ClN4O8. The minimum atomic E-state index is -0.720. The minimum Gasteiger partial charge on any atom is -0.450 e. The number of methoxy groups -OCH3 is 1. The zero-order valence-corrected chi connectivity index (χ0v) is 27.5. The lowest BCUT2D eigenvalue weighted by Gasteiger charge is -2.26. The summed E-state index contributed by atoms with van der Waals surface area (Å²) in [4.78, 5) is 55.5. The van der Waals surface area contributed by atoms with Gasteiger partial charge >= 0.3 is 12.2 Å². The second-order valence-electron chi connectivity index (χ2n) is 11.0. The Hall–Kier alpha value is -4.29. The number of furan rings is 1. The van der Waals surface area contributed by atoms with E-state index in [0.717, 1.165) is 0 Å². The highest BCUT2D eigenvalue weighted by molar-refractivity contribution is 6.31. The van der Waals surface area contributed by atoms with Crippen LogP contribution in [-0.4, -0.2) is 81.4 Å². The van der Waals surface area contributed by atoms with E-state index in [1.165, 1.54) is 15.9 Å². The lowest BCUT2D eigenvalue weighted by molar-refractivity contribution is -0.117. The van der Waals surface area contributed by atoms with Crippen LogP contribution in [0.4, 0.5) is 26.7 Å². The van der Waals surface area contributed by atoms with E-state index in [-0.39, 0.29) is 43.3 Å². The Bertz CT molecular complexity index is 1530. The summed E-state index contributed by atoms with van der Waals surface area (Å²) in [6, 6.07) is 9.57. The predicted octanol–water partition coefficient (Wildman–Crippen LogP) is 6.55. The third kappa shape index (κ3) is 9.11. The molecule has 0 radical (unpaired) electrons. The van der Waals surface area contributed by atoms with Gasteiger partial charge in [-0.25, -0.2) is 9.59 Å². The number of amides is 3. The van der Waals surface area contributed by atoms with Crippen LogP contribution in [-0.2, 0) is 19.0 Å². The molecule has 13 heteroatoms. The van der Waals surface area contributed by atoms with Crippen molar-refractivity contribution in [3.63, 3.8) is 0 Å². The van der Waals surface area contributed by atoms with E-state index in [2.05, 4.69) is 10.6 Å². The van der Waals surface area contributed by atoms with Gasteiger partial charge in [-0.05, 0) is 77.4 Å². The highest BCUT2D eigenvalue weighted by atomic mass is 35.5. The number of benzene rings is 2. The quantitative estimate of drug-likeness (QED) is 0.156. The van der Waals surface area contributed by atoms with E-state index in [1.54, 1.807) is 79.1 Å². The number of ether oxygens (including phenoxy) is 3. The molecule has 3 aromatic rings. The molecule has 244 valence electrons. The summed E-state index contributed by atoms with van der Waals surface area (Å²) < 4.78 is 21.9. The lowest BCUT2D eigenvalue weighted by atomic mass is 10.0. The highest BCUT2D eigenvalue weighted by Crippen LogP contribution is 2.38. The second-order valence-corrected chi connectivity index (χ2v) is 11.4. The van der Waals surface area contributed by atoms with E-state index in [4.69, 9.17) is 30.2 Å². The second kappa shape index (κ2) is 15.6. The maximum atomic E-state index is 14.1. The molecule has 2 aromatic carbocycles. The normalized spacial score (nSPS) is 11.2. The molecule has 0 bridgehead atoms. The molecule has 1 aromatic heterocycles. The van der Waals surface area contributed by atoms with Gasteiger partial charge in [0.15, 0.2) is 5.76 Å². The van der Waals surface area contributed by atoms with E-state index in [9.17, 15) is 19.2 Å². The summed E-state index contributed by atoms with van der Waals surface area (Å²) in [7, 11) is 3.23. The summed E-state index contributed by atoms with van der Waals surface area (Å²) in [6.07, 6.45) is -0.817. The Kier molecular flexibility index (Phi) is 12.2. The minimum absolute atomic E-state index is 0.102. The van der Waals surface area contributed by atoms with Gasteiger partial charge in [-0.3, -0.25) is 19.4 Å². The number of ketones is 1. The third-order valence-corrected chi connectivity index (χ3v) is 6.75. The number of carbonyl (C=O) groups excluding carboxylic acids is 4. The van der Waals surface area contributed by atoms with E-state index < -0.39 is 29.5 Å². The van der Waals surface area contributed by atoms with Crippen LogP contribution in [0.25, 0.3) is 11.0 Å². The average Bonchev–Trinajstić information content (AvgIpc) is 3.35. The average molecular weight is 645 g/mol. The monoisotopic (exact) mass is 644 g/mol. The van der Waals surface area contributed by atoms with Gasteiger partial charge in [0.05, 0.1) is 18.0 Å². The molecule has 0 fully saturated rings. The molecule has 0 spiro atoms. The number of likely N-dealkylation sites (N-methyl/N-ethyl adjacent to an activating group) is 1. The molecule has 3 amide bonds. The van der Waals surface area contributed by atoms with Crippen LogP contribution in [0.5, 0.6) is 0 Å². The first-order valence-electron chi connectivity index (χ1n) is 14.6. The molecule has 12 nitrogen and oxygen atoms in total. The van der Waals surface area contributed by atoms with Crippen molar-refractivity contribution in [3.8, 4) is 0 Å². The molecule has 0 aliphatic heterocycles. The maximum absolute atomic E-state index is 14.1. The largest absolute Gasteiger partial charge is 0.450 e. The van der Waals surface area contributed by atoms with E-state index >= 15 is 0 Å². The van der Waals surface area contributed by atoms with Crippen molar-refractivity contribution < 1.29 is 37.8 Å². The Morgan fingerprint density at radius 3 is 2.36 bits per heavy atom. The Morgan fingerprint density at radius 2 is 1.73 bits per heavy atom. The van der Waals surface area contributed by atoms with E-state index in [1.807, 2.05) is 0 Å². The summed E-state index contributed by atoms with van der Waals surface area (Å²) >= 11 is 6.31. The van der Waals surface area contributed by atoms with Crippen molar-refractivity contribution >= 4 is 63.5 Å². The van der Waals surface area contributed by atoms with Crippen LogP contribution < -0.4 is 15.5 Å². The topological polar surface area (TPSA) is 140 Å². The summed E-state index contributed by atoms with van der Waals surface area (Å²) in [5.41, 5.74) is 0.854. The molecule has 0 saturated heterocycles. The summed E-state index contributed by atoms with van der Waals surface area (Å²) in [6.45, 7) is 9.31. The van der Waals surface area contributed by atoms with Crippen LogP contribution in [0.1, 0.15) is 57.2 Å². The fourth-order valence-electron chi connectivity index (χ4n) is 4.47. The van der Waals surface area contributed by atoms with Gasteiger partial charge < -0.3 is 29.3 Å². The van der Waals surface area contributed by atoms with Gasteiger partial charge in [0.25, 0.3) is 0 Å². The summed E-state index contributed by atoms with van der Waals surface area (Å²) in [5.74, 6) is -1.13. The van der Waals surface area contributed by atoms with Gasteiger partial charge in [-0.15, -0.1) is 0 Å². The number of carbonyl (C=O) groups is 4. The number of hydrogen-bond acceptors (Lipinski definition) is 9. The summed E-state index contributed by atoms with van der Waals surface area (Å²) in [5, 5.41) is 6.62. The standard InChI is InChI=1S/C32H41ClN4O8/c1-8-36(30(40)45-32(3,4)5)19-26(38)35-24-17-20(11-13-23(24)34-6)28(39)29-27(22-18-21(33)12-14-25(22)44-29)37(15-10-16-42-7)31(41)43-9-2/h11-14,17-18,34H,8-10,15-16,19H2,1-7H3,(H,35,38). The zero-order chi connectivity index (χ0) is 33.3. The molecular weight excluding hydrogens is 604 g/mol. The van der Waals surface area contributed by atoms with Crippen molar-refractivity contribution in [3.05, 3.63) is 52.7 Å². The van der Waals surface area contributed by atoms with Crippen LogP contribution in [0.3, 0.4) is 0 Å². The number of anilines is 3. The number of hydrogen-bond donors (Lipinski definition) is 2. The van der Waals surface area contributed by atoms with Crippen LogP contribution in [0.2, 0.25) is 5.02 Å². The van der Waals surface area contributed by atoms with Crippen LogP contribution in [0.15, 0.2) is 40.8 Å². The first kappa shape index (κ1) is 35.2. The molecule has 0 aliphatic rings. The molecule has 3 rings (SSSR count). The lowest BCUT2D eigenvalue weighted by Crippen LogP contribution is -2.41. The van der Waals surface area contributed by atoms with Gasteiger partial charge in [0.1, 0.15) is 23.4 Å². The van der Waals surface area contributed by atoms with Crippen molar-refractivity contribution in [2.45, 2.75) is 46.6 Å². The van der Waals surface area contributed by atoms with E-state index in [0.29, 0.717) is 40.4 Å². The number of halogens is 1. The fraction of sp³-hybridized carbons (Fsp3) is 0.438. The van der Waals surface area contributed by atoms with Gasteiger partial charge in [0, 0.05) is 49.8 Å². The number of rotatable bonds is 13. The molecule has 0 atom stereocenters. The first-order chi connectivity index (χ1) is 21.3. The van der Waals surface area contributed by atoms with Crippen molar-refractivity contribution in [2.75, 3.05) is 62.5 Å². The van der Waals surface area contributed by atoms with Crippen LogP contribution >= 0.6 is 11.6 Å². The maximum Gasteiger partial charge on any atom is 0.414 e. The van der Waals surface area contributed by atoms with Crippen LogP contribution in [0, 0.1) is 0 Å². The van der Waals surface area contributed by atoms with Crippen molar-refractivity contribution in [1.82, 2.24) is 4.90 Å². The number of fused-ring (bicyclic) bond motifs is 1. The van der Waals surface area contributed by atoms with Gasteiger partial charge in [-0.1, -0.05) is 11.6 Å². The molecule has 0 unspecified atom stereocenters. The molecule has 2 N–H and O–H groups in total. The SMILES string of the molecule is CCOC(=O)N(CCCOC)c1c(C(=O)c2ccc(NC)c(NC(=O)CN(CC)C(=O)OC(C)(C)C)c2)oc2ccc(Cl)cc12. The highest BCUT2D eigenvalue weighted by Gasteiger charge is 2.31. The van der Waals surface area contributed by atoms with Crippen molar-refractivity contribution in [1.29, 1.82) is 0 Å². The molecule has 0 saturated carbocycles. The van der Waals surface area contributed by atoms with Gasteiger partial charge in [0.2, 0.25) is 11.7 Å². The Labute approximate surface area is 267 Å². The fourth-order valence-corrected chi connectivity index (χ4v) is 4.65. The number of nitrogens with one attached hydrogen (secondary N) is 2. The van der Waals surface area contributed by atoms with Gasteiger partial charge in [-0.2, -0.15) is 0 Å². The van der Waals surface area contributed by atoms with Crippen molar-refractivity contribution in [2.24, 2.45) is 0 Å². The number of nitrogens with zero attached hydrogens (tertiary/aromatic N) is 2. The zero-order valence-electron chi connectivity index (χ0n) is 26.7. The molecule has 1 heterocycles. The molecule has 45 heavy (non-hydrogen) atoms.